The van der Waals surface area contributed by atoms with Gasteiger partial charge in [-0.15, -0.1) is 0 Å². The first-order valence-electron chi connectivity index (χ1n) is 4.42. The number of methoxy groups -OCH3 is 1. The molecule has 0 unspecified atom stereocenters. The van der Waals surface area contributed by atoms with Crippen molar-refractivity contribution < 1.29 is 9.53 Å². The van der Waals surface area contributed by atoms with Crippen molar-refractivity contribution in [2.24, 2.45) is 5.73 Å². The molecule has 0 fully saturated rings. The third-order valence-electron chi connectivity index (χ3n) is 2.15. The molecule has 0 heterocycles. The van der Waals surface area contributed by atoms with E-state index in [0.29, 0.717) is 0 Å². The van der Waals surface area contributed by atoms with Crippen LogP contribution in [0.15, 0.2) is 36.5 Å². The molecule has 0 radical (unpaired) electrons. The van der Waals surface area contributed by atoms with Crippen LogP contribution < -0.4 is 15.4 Å². The van der Waals surface area contributed by atoms with Crippen LogP contribution in [0.2, 0.25) is 0 Å². The number of carbonyl (C=O) groups excluding carboxylic acids is 1. The summed E-state index contributed by atoms with van der Waals surface area (Å²) in [6.45, 7) is 3.59. The molecule has 4 nitrogen and oxygen atoms in total. The van der Waals surface area contributed by atoms with E-state index < -0.39 is 5.91 Å². The molecule has 15 heavy (non-hydrogen) atoms. The molecule has 0 atom stereocenters. The lowest BCUT2D eigenvalue weighted by molar-refractivity contribution is -0.114. The standard InChI is InChI=1S/C11H14N2O2/c1-8(11(12)14)13(2)9-4-6-10(15-3)7-5-9/h4-7H,1H2,2-3H3,(H2,12,14). The minimum atomic E-state index is -0.534. The van der Waals surface area contributed by atoms with E-state index in [2.05, 4.69) is 6.58 Å². The molecule has 1 amide bonds. The minimum Gasteiger partial charge on any atom is -0.497 e. The maximum absolute atomic E-state index is 10.9. The van der Waals surface area contributed by atoms with Gasteiger partial charge < -0.3 is 15.4 Å². The minimum absolute atomic E-state index is 0.250. The van der Waals surface area contributed by atoms with Gasteiger partial charge in [0.1, 0.15) is 5.75 Å². The van der Waals surface area contributed by atoms with Crippen molar-refractivity contribution in [3.05, 3.63) is 36.5 Å². The third-order valence-corrected chi connectivity index (χ3v) is 2.15. The SMILES string of the molecule is C=C(C(N)=O)N(C)c1ccc(OC)cc1. The third kappa shape index (κ3) is 2.49. The Kier molecular flexibility index (Phi) is 3.33. The number of rotatable bonds is 4. The second kappa shape index (κ2) is 4.50. The first-order chi connectivity index (χ1) is 7.06. The zero-order valence-electron chi connectivity index (χ0n) is 8.86. The Morgan fingerprint density at radius 2 is 1.93 bits per heavy atom. The van der Waals surface area contributed by atoms with Crippen LogP contribution >= 0.6 is 0 Å². The maximum atomic E-state index is 10.9. The van der Waals surface area contributed by atoms with Gasteiger partial charge in [0.05, 0.1) is 12.8 Å². The van der Waals surface area contributed by atoms with E-state index in [9.17, 15) is 4.79 Å². The van der Waals surface area contributed by atoms with E-state index in [4.69, 9.17) is 10.5 Å². The fourth-order valence-corrected chi connectivity index (χ4v) is 1.13. The van der Waals surface area contributed by atoms with Crippen LogP contribution in [-0.4, -0.2) is 20.1 Å². The molecular weight excluding hydrogens is 192 g/mol. The molecule has 1 rings (SSSR count). The smallest absolute Gasteiger partial charge is 0.264 e. The summed E-state index contributed by atoms with van der Waals surface area (Å²) in [5.74, 6) is 0.227. The van der Waals surface area contributed by atoms with Gasteiger partial charge in [0, 0.05) is 12.7 Å². The summed E-state index contributed by atoms with van der Waals surface area (Å²) in [7, 11) is 3.33. The highest BCUT2D eigenvalue weighted by atomic mass is 16.5. The predicted molar refractivity (Wildman–Crippen MR) is 59.7 cm³/mol. The van der Waals surface area contributed by atoms with Crippen LogP contribution in [0.4, 0.5) is 5.69 Å². The van der Waals surface area contributed by atoms with Gasteiger partial charge in [0.25, 0.3) is 5.91 Å². The van der Waals surface area contributed by atoms with Gasteiger partial charge in [-0.25, -0.2) is 0 Å². The number of primary amides is 1. The zero-order valence-corrected chi connectivity index (χ0v) is 8.86. The number of nitrogens with zero attached hydrogens (tertiary/aromatic N) is 1. The molecule has 0 aliphatic carbocycles. The Morgan fingerprint density at radius 3 is 2.33 bits per heavy atom. The molecule has 1 aromatic carbocycles. The zero-order chi connectivity index (χ0) is 11.4. The van der Waals surface area contributed by atoms with E-state index >= 15 is 0 Å². The predicted octanol–water partition coefficient (Wildman–Crippen LogP) is 1.13. The highest BCUT2D eigenvalue weighted by Crippen LogP contribution is 2.20. The Balaban J connectivity index is 2.87. The maximum Gasteiger partial charge on any atom is 0.264 e. The number of amides is 1. The molecule has 0 aromatic heterocycles. The Morgan fingerprint density at radius 1 is 1.40 bits per heavy atom. The van der Waals surface area contributed by atoms with Crippen molar-refractivity contribution in [2.75, 3.05) is 19.1 Å². The topological polar surface area (TPSA) is 55.6 Å². The van der Waals surface area contributed by atoms with Crippen molar-refractivity contribution in [1.82, 2.24) is 0 Å². The summed E-state index contributed by atoms with van der Waals surface area (Å²) in [6.07, 6.45) is 0. The van der Waals surface area contributed by atoms with Crippen molar-refractivity contribution in [1.29, 1.82) is 0 Å². The molecule has 0 aliphatic rings. The van der Waals surface area contributed by atoms with Gasteiger partial charge in [-0.2, -0.15) is 0 Å². The number of benzene rings is 1. The molecular formula is C11H14N2O2. The fraction of sp³-hybridized carbons (Fsp3) is 0.182. The molecule has 4 heteroatoms. The number of ether oxygens (including phenoxy) is 1. The number of likely N-dealkylation sites (N-methyl/N-ethyl adjacent to an activating group) is 1. The van der Waals surface area contributed by atoms with Crippen LogP contribution in [0.3, 0.4) is 0 Å². The van der Waals surface area contributed by atoms with Gasteiger partial charge in [-0.1, -0.05) is 6.58 Å². The second-order valence-corrected chi connectivity index (χ2v) is 3.07. The summed E-state index contributed by atoms with van der Waals surface area (Å²) in [5.41, 5.74) is 6.21. The molecule has 0 bridgehead atoms. The Hall–Kier alpha value is -1.97. The summed E-state index contributed by atoms with van der Waals surface area (Å²) < 4.78 is 5.02. The summed E-state index contributed by atoms with van der Waals surface area (Å²) in [4.78, 5) is 12.5. The molecule has 0 saturated heterocycles. The lowest BCUT2D eigenvalue weighted by Gasteiger charge is -2.19. The van der Waals surface area contributed by atoms with Crippen LogP contribution in [0.5, 0.6) is 5.75 Å². The van der Waals surface area contributed by atoms with Crippen molar-refractivity contribution >= 4 is 11.6 Å². The Bertz CT molecular complexity index is 371. The summed E-state index contributed by atoms with van der Waals surface area (Å²) in [6, 6.07) is 7.26. The highest BCUT2D eigenvalue weighted by molar-refractivity contribution is 5.94. The van der Waals surface area contributed by atoms with E-state index in [1.807, 2.05) is 12.1 Å². The lowest BCUT2D eigenvalue weighted by atomic mass is 10.2. The molecule has 2 N–H and O–H groups in total. The van der Waals surface area contributed by atoms with Gasteiger partial charge >= 0.3 is 0 Å². The molecule has 0 saturated carbocycles. The van der Waals surface area contributed by atoms with Gasteiger partial charge in [0.2, 0.25) is 0 Å². The molecule has 80 valence electrons. The van der Waals surface area contributed by atoms with Crippen molar-refractivity contribution in [3.8, 4) is 5.75 Å². The number of nitrogens with two attached hydrogens (primary N) is 1. The van der Waals surface area contributed by atoms with Crippen LogP contribution in [-0.2, 0) is 4.79 Å². The summed E-state index contributed by atoms with van der Waals surface area (Å²) >= 11 is 0. The molecule has 0 aliphatic heterocycles. The van der Waals surface area contributed by atoms with Gasteiger partial charge in [-0.05, 0) is 24.3 Å². The first-order valence-corrected chi connectivity index (χ1v) is 4.42. The van der Waals surface area contributed by atoms with Crippen molar-refractivity contribution in [2.45, 2.75) is 0 Å². The molecule has 1 aromatic rings. The first kappa shape index (κ1) is 11.1. The summed E-state index contributed by atoms with van der Waals surface area (Å²) in [5, 5.41) is 0. The highest BCUT2D eigenvalue weighted by Gasteiger charge is 2.09. The number of hydrogen-bond donors (Lipinski definition) is 1. The molecule has 0 spiro atoms. The number of carbonyl (C=O) groups is 1. The van der Waals surface area contributed by atoms with E-state index in [-0.39, 0.29) is 5.70 Å². The van der Waals surface area contributed by atoms with Crippen LogP contribution in [0.25, 0.3) is 0 Å². The number of hydrogen-bond acceptors (Lipinski definition) is 3. The fourth-order valence-electron chi connectivity index (χ4n) is 1.13. The second-order valence-electron chi connectivity index (χ2n) is 3.07. The Labute approximate surface area is 88.9 Å². The van der Waals surface area contributed by atoms with E-state index in [1.165, 1.54) is 0 Å². The monoisotopic (exact) mass is 206 g/mol. The van der Waals surface area contributed by atoms with Crippen molar-refractivity contribution in [3.63, 3.8) is 0 Å². The van der Waals surface area contributed by atoms with E-state index in [0.717, 1.165) is 11.4 Å². The average molecular weight is 206 g/mol. The average Bonchev–Trinajstić information content (AvgIpc) is 2.27. The van der Waals surface area contributed by atoms with Crippen LogP contribution in [0, 0.1) is 0 Å². The van der Waals surface area contributed by atoms with Gasteiger partial charge in [-0.3, -0.25) is 4.79 Å². The normalized spacial score (nSPS) is 9.47. The lowest BCUT2D eigenvalue weighted by Crippen LogP contribution is -2.27. The largest absolute Gasteiger partial charge is 0.497 e. The van der Waals surface area contributed by atoms with Gasteiger partial charge in [0.15, 0.2) is 0 Å². The quantitative estimate of drug-likeness (QED) is 0.751. The number of anilines is 1. The van der Waals surface area contributed by atoms with E-state index in [1.54, 1.807) is 31.2 Å². The van der Waals surface area contributed by atoms with Crippen LogP contribution in [0.1, 0.15) is 0 Å².